The Morgan fingerprint density at radius 3 is 2.42 bits per heavy atom. The Balaban J connectivity index is 1.82. The Kier molecular flexibility index (Phi) is 5.12. The van der Waals surface area contributed by atoms with Crippen LogP contribution >= 0.6 is 0 Å². The molecule has 1 N–H and O–H groups in total. The molecule has 1 aliphatic rings. The molecule has 0 fully saturated rings. The van der Waals surface area contributed by atoms with E-state index in [1.54, 1.807) is 0 Å². The Hall–Kier alpha value is -2.62. The molecule has 2 aromatic carbocycles. The van der Waals surface area contributed by atoms with Gasteiger partial charge in [-0.25, -0.2) is 0 Å². The quantitative estimate of drug-likeness (QED) is 0.883. The highest BCUT2D eigenvalue weighted by Crippen LogP contribution is 2.31. The molecule has 136 valence electrons. The molecule has 0 saturated heterocycles. The first-order valence-corrected chi connectivity index (χ1v) is 9.16. The van der Waals surface area contributed by atoms with Crippen molar-refractivity contribution in [2.24, 2.45) is 5.92 Å². The normalized spacial score (nSPS) is 13.7. The minimum atomic E-state index is -0.109. The lowest BCUT2D eigenvalue weighted by molar-refractivity contribution is -0.119. The van der Waals surface area contributed by atoms with Crippen molar-refractivity contribution in [1.82, 2.24) is 0 Å². The van der Waals surface area contributed by atoms with E-state index in [2.05, 4.69) is 25.2 Å². The first-order valence-electron chi connectivity index (χ1n) is 9.16. The van der Waals surface area contributed by atoms with E-state index in [1.165, 1.54) is 0 Å². The number of nitrogens with one attached hydrogen (secondary N) is 1. The molecule has 2 amide bonds. The van der Waals surface area contributed by atoms with E-state index in [0.29, 0.717) is 17.9 Å². The number of hydrogen-bond acceptors (Lipinski definition) is 2. The highest BCUT2D eigenvalue weighted by molar-refractivity contribution is 6.05. The van der Waals surface area contributed by atoms with Crippen molar-refractivity contribution in [1.29, 1.82) is 0 Å². The van der Waals surface area contributed by atoms with Crippen molar-refractivity contribution in [2.75, 3.05) is 16.8 Å². The highest BCUT2D eigenvalue weighted by Gasteiger charge is 2.25. The van der Waals surface area contributed by atoms with Gasteiger partial charge in [-0.05, 0) is 62.1 Å². The summed E-state index contributed by atoms with van der Waals surface area (Å²) in [7, 11) is 0. The summed E-state index contributed by atoms with van der Waals surface area (Å²) in [4.78, 5) is 26.7. The van der Waals surface area contributed by atoms with Gasteiger partial charge in [-0.3, -0.25) is 9.59 Å². The molecule has 0 radical (unpaired) electrons. The SMILES string of the molecule is Cc1cc(C)cc(C(=O)Nc2ccc3c(c2)CCC(=O)N3CC(C)C)c1. The summed E-state index contributed by atoms with van der Waals surface area (Å²) in [5, 5.41) is 2.99. The van der Waals surface area contributed by atoms with E-state index in [0.717, 1.165) is 41.0 Å². The molecule has 0 spiro atoms. The maximum atomic E-state index is 12.6. The van der Waals surface area contributed by atoms with Crippen LogP contribution in [-0.4, -0.2) is 18.4 Å². The van der Waals surface area contributed by atoms with Crippen LogP contribution in [0.3, 0.4) is 0 Å². The second kappa shape index (κ2) is 7.32. The van der Waals surface area contributed by atoms with Crippen molar-refractivity contribution < 1.29 is 9.59 Å². The van der Waals surface area contributed by atoms with E-state index in [9.17, 15) is 9.59 Å². The number of benzene rings is 2. The van der Waals surface area contributed by atoms with Gasteiger partial charge in [-0.15, -0.1) is 0 Å². The second-order valence-electron chi connectivity index (χ2n) is 7.57. The minimum Gasteiger partial charge on any atom is -0.322 e. The monoisotopic (exact) mass is 350 g/mol. The van der Waals surface area contributed by atoms with Crippen LogP contribution in [0.25, 0.3) is 0 Å². The van der Waals surface area contributed by atoms with Crippen LogP contribution in [0.5, 0.6) is 0 Å². The zero-order valence-corrected chi connectivity index (χ0v) is 15.9. The van der Waals surface area contributed by atoms with Gasteiger partial charge in [0, 0.05) is 29.9 Å². The predicted molar refractivity (Wildman–Crippen MR) is 106 cm³/mol. The van der Waals surface area contributed by atoms with Gasteiger partial charge in [-0.1, -0.05) is 31.0 Å². The third-order valence-corrected chi connectivity index (χ3v) is 4.57. The smallest absolute Gasteiger partial charge is 0.255 e. The Labute approximate surface area is 155 Å². The van der Waals surface area contributed by atoms with Crippen LogP contribution in [-0.2, 0) is 11.2 Å². The van der Waals surface area contributed by atoms with Gasteiger partial charge in [0.2, 0.25) is 5.91 Å². The molecule has 26 heavy (non-hydrogen) atoms. The molecular formula is C22H26N2O2. The van der Waals surface area contributed by atoms with Crippen LogP contribution in [0, 0.1) is 19.8 Å². The number of rotatable bonds is 4. The summed E-state index contributed by atoms with van der Waals surface area (Å²) in [5.74, 6) is 0.481. The lowest BCUT2D eigenvalue weighted by Gasteiger charge is -2.31. The molecule has 1 aliphatic heterocycles. The number of aryl methyl sites for hydroxylation is 3. The van der Waals surface area contributed by atoms with Crippen molar-refractivity contribution in [2.45, 2.75) is 40.5 Å². The maximum absolute atomic E-state index is 12.6. The molecule has 0 unspecified atom stereocenters. The molecule has 0 saturated carbocycles. The summed E-state index contributed by atoms with van der Waals surface area (Å²) >= 11 is 0. The van der Waals surface area contributed by atoms with Gasteiger partial charge in [0.1, 0.15) is 0 Å². The van der Waals surface area contributed by atoms with Crippen molar-refractivity contribution in [3.8, 4) is 0 Å². The fourth-order valence-corrected chi connectivity index (χ4v) is 3.51. The molecule has 0 atom stereocenters. The van der Waals surface area contributed by atoms with E-state index >= 15 is 0 Å². The average molecular weight is 350 g/mol. The van der Waals surface area contributed by atoms with Gasteiger partial charge in [0.15, 0.2) is 0 Å². The van der Waals surface area contributed by atoms with Gasteiger partial charge in [0.25, 0.3) is 5.91 Å². The maximum Gasteiger partial charge on any atom is 0.255 e. The Bertz CT molecular complexity index is 835. The molecule has 1 heterocycles. The lowest BCUT2D eigenvalue weighted by atomic mass is 9.99. The third kappa shape index (κ3) is 3.96. The van der Waals surface area contributed by atoms with Crippen LogP contribution in [0.2, 0.25) is 0 Å². The zero-order chi connectivity index (χ0) is 18.8. The molecular weight excluding hydrogens is 324 g/mol. The van der Waals surface area contributed by atoms with Gasteiger partial charge in [0.05, 0.1) is 0 Å². The summed E-state index contributed by atoms with van der Waals surface area (Å²) in [6.07, 6.45) is 1.24. The fraction of sp³-hybridized carbons (Fsp3) is 0.364. The molecule has 0 bridgehead atoms. The number of amides is 2. The molecule has 0 aliphatic carbocycles. The van der Waals surface area contributed by atoms with Crippen molar-refractivity contribution in [3.63, 3.8) is 0 Å². The summed E-state index contributed by atoms with van der Waals surface area (Å²) in [6, 6.07) is 11.7. The van der Waals surface area contributed by atoms with E-state index in [4.69, 9.17) is 0 Å². The third-order valence-electron chi connectivity index (χ3n) is 4.57. The number of nitrogens with zero attached hydrogens (tertiary/aromatic N) is 1. The number of anilines is 2. The number of carbonyl (C=O) groups excluding carboxylic acids is 2. The standard InChI is InChI=1S/C22H26N2O2/c1-14(2)13-24-20-7-6-19(12-17(20)5-8-21(24)25)23-22(26)18-10-15(3)9-16(4)11-18/h6-7,9-12,14H,5,8,13H2,1-4H3,(H,23,26). The highest BCUT2D eigenvalue weighted by atomic mass is 16.2. The van der Waals surface area contributed by atoms with Crippen molar-refractivity contribution in [3.05, 3.63) is 58.7 Å². The van der Waals surface area contributed by atoms with E-state index < -0.39 is 0 Å². The minimum absolute atomic E-state index is 0.109. The molecule has 4 heteroatoms. The van der Waals surface area contributed by atoms with Crippen molar-refractivity contribution >= 4 is 23.2 Å². The summed E-state index contributed by atoms with van der Waals surface area (Å²) in [5.41, 5.74) is 5.67. The topological polar surface area (TPSA) is 49.4 Å². The van der Waals surface area contributed by atoms with Crippen LogP contribution in [0.1, 0.15) is 47.3 Å². The Morgan fingerprint density at radius 1 is 1.08 bits per heavy atom. The number of hydrogen-bond donors (Lipinski definition) is 1. The second-order valence-corrected chi connectivity index (χ2v) is 7.57. The molecule has 3 rings (SSSR count). The molecule has 4 nitrogen and oxygen atoms in total. The summed E-state index contributed by atoms with van der Waals surface area (Å²) in [6.45, 7) is 8.92. The fourth-order valence-electron chi connectivity index (χ4n) is 3.51. The Morgan fingerprint density at radius 2 is 1.77 bits per heavy atom. The zero-order valence-electron chi connectivity index (χ0n) is 15.9. The van der Waals surface area contributed by atoms with Gasteiger partial charge >= 0.3 is 0 Å². The van der Waals surface area contributed by atoms with E-state index in [-0.39, 0.29) is 11.8 Å². The number of carbonyl (C=O) groups is 2. The van der Waals surface area contributed by atoms with Gasteiger partial charge in [-0.2, -0.15) is 0 Å². The van der Waals surface area contributed by atoms with Crippen LogP contribution in [0.4, 0.5) is 11.4 Å². The van der Waals surface area contributed by atoms with E-state index in [1.807, 2.05) is 49.1 Å². The van der Waals surface area contributed by atoms with Gasteiger partial charge < -0.3 is 10.2 Å². The van der Waals surface area contributed by atoms with Crippen LogP contribution in [0.15, 0.2) is 36.4 Å². The average Bonchev–Trinajstić information content (AvgIpc) is 2.56. The predicted octanol–water partition coefficient (Wildman–Crippen LogP) is 4.49. The van der Waals surface area contributed by atoms with Crippen LogP contribution < -0.4 is 10.2 Å². The largest absolute Gasteiger partial charge is 0.322 e. The summed E-state index contributed by atoms with van der Waals surface area (Å²) < 4.78 is 0. The molecule has 0 aromatic heterocycles. The first kappa shape index (κ1) is 18.2. The lowest BCUT2D eigenvalue weighted by Crippen LogP contribution is -2.37. The first-order chi connectivity index (χ1) is 12.3. The number of fused-ring (bicyclic) bond motifs is 1. The molecule has 2 aromatic rings.